The van der Waals surface area contributed by atoms with Crippen molar-refractivity contribution >= 4 is 60.6 Å². The van der Waals surface area contributed by atoms with E-state index in [1.165, 1.54) is 21.8 Å². The SMILES string of the molecule is CC(C)NC(=O)NCCNC1CCc2c(sc3ncnc(Nc4ccc5[nH]c(=O)sc5c4)c23)C1. The smallest absolute Gasteiger partial charge is 0.315 e. The quantitative estimate of drug-likeness (QED) is 0.249. The molecule has 5 rings (SSSR count). The van der Waals surface area contributed by atoms with E-state index in [0.717, 1.165) is 57.7 Å². The van der Waals surface area contributed by atoms with Crippen molar-refractivity contribution in [2.24, 2.45) is 0 Å². The minimum absolute atomic E-state index is 0.0544. The van der Waals surface area contributed by atoms with Crippen LogP contribution in [0.3, 0.4) is 0 Å². The predicted octanol–water partition coefficient (Wildman–Crippen LogP) is 3.49. The maximum absolute atomic E-state index is 11.7. The highest BCUT2D eigenvalue weighted by atomic mass is 32.1. The number of carbonyl (C=O) groups excluding carboxylic acids is 1. The van der Waals surface area contributed by atoms with E-state index in [0.29, 0.717) is 12.6 Å². The Balaban J connectivity index is 1.27. The normalized spacial score (nSPS) is 15.6. The van der Waals surface area contributed by atoms with Gasteiger partial charge in [0.2, 0.25) is 0 Å². The largest absolute Gasteiger partial charge is 0.340 e. The van der Waals surface area contributed by atoms with Gasteiger partial charge in [0.15, 0.2) is 0 Å². The molecule has 1 aliphatic rings. The first kappa shape index (κ1) is 22.8. The summed E-state index contributed by atoms with van der Waals surface area (Å²) in [6, 6.07) is 6.21. The summed E-state index contributed by atoms with van der Waals surface area (Å²) < 4.78 is 0.915. The zero-order chi connectivity index (χ0) is 23.7. The molecule has 0 saturated carbocycles. The number of hydrogen-bond donors (Lipinski definition) is 5. The maximum atomic E-state index is 11.7. The van der Waals surface area contributed by atoms with Gasteiger partial charge in [0.1, 0.15) is 17.0 Å². The standard InChI is InChI=1S/C23H27N7O2S2/c1-12(2)28-22(31)25-8-7-24-13-3-5-15-17(9-13)33-21-19(15)20(26-11-27-21)29-14-4-6-16-18(10-14)34-23(32)30-16/h4,6,10-13,24H,3,5,7-9H2,1-2H3,(H,30,32)(H2,25,28,31)(H,26,27,29). The van der Waals surface area contributed by atoms with E-state index in [4.69, 9.17) is 0 Å². The second-order valence-electron chi connectivity index (χ2n) is 8.71. The van der Waals surface area contributed by atoms with Gasteiger partial charge >= 0.3 is 10.9 Å². The van der Waals surface area contributed by atoms with Gasteiger partial charge in [0.05, 0.1) is 15.6 Å². The summed E-state index contributed by atoms with van der Waals surface area (Å²) in [6.45, 7) is 5.21. The van der Waals surface area contributed by atoms with Crippen LogP contribution in [-0.4, -0.2) is 46.2 Å². The number of benzene rings is 1. The number of nitrogens with zero attached hydrogens (tertiary/aromatic N) is 2. The number of H-pyrrole nitrogens is 1. The van der Waals surface area contributed by atoms with Gasteiger partial charge in [0, 0.05) is 35.7 Å². The summed E-state index contributed by atoms with van der Waals surface area (Å²) in [5, 5.41) is 13.8. The van der Waals surface area contributed by atoms with Crippen molar-refractivity contribution in [3.8, 4) is 0 Å². The summed E-state index contributed by atoms with van der Waals surface area (Å²) >= 11 is 2.93. The molecule has 5 N–H and O–H groups in total. The summed E-state index contributed by atoms with van der Waals surface area (Å²) in [5.74, 6) is 0.802. The Bertz CT molecular complexity index is 1390. The van der Waals surface area contributed by atoms with Crippen molar-refractivity contribution in [2.75, 3.05) is 18.4 Å². The Hall–Kier alpha value is -3.02. The molecule has 0 aliphatic heterocycles. The first-order valence-corrected chi connectivity index (χ1v) is 13.0. The molecule has 34 heavy (non-hydrogen) atoms. The average Bonchev–Trinajstić information content (AvgIpc) is 3.35. The van der Waals surface area contributed by atoms with Crippen molar-refractivity contribution in [1.82, 2.24) is 30.9 Å². The Morgan fingerprint density at radius 3 is 2.97 bits per heavy atom. The first-order chi connectivity index (χ1) is 16.5. The lowest BCUT2D eigenvalue weighted by atomic mass is 9.93. The molecular formula is C23H27N7O2S2. The van der Waals surface area contributed by atoms with Gasteiger partial charge in [-0.3, -0.25) is 4.79 Å². The number of thiazole rings is 1. The van der Waals surface area contributed by atoms with E-state index in [-0.39, 0.29) is 16.9 Å². The van der Waals surface area contributed by atoms with Gasteiger partial charge in [-0.05, 0) is 56.9 Å². The number of aromatic amines is 1. The van der Waals surface area contributed by atoms with Crippen LogP contribution in [0.5, 0.6) is 0 Å². The molecule has 2 amide bonds. The van der Waals surface area contributed by atoms with Gasteiger partial charge in [-0.1, -0.05) is 11.3 Å². The van der Waals surface area contributed by atoms with Gasteiger partial charge in [-0.2, -0.15) is 0 Å². The zero-order valence-electron chi connectivity index (χ0n) is 19.0. The number of nitrogens with one attached hydrogen (secondary N) is 5. The monoisotopic (exact) mass is 497 g/mol. The van der Waals surface area contributed by atoms with Crippen LogP contribution in [0.15, 0.2) is 29.3 Å². The number of aromatic nitrogens is 3. The van der Waals surface area contributed by atoms with Crippen LogP contribution in [0.2, 0.25) is 0 Å². The van der Waals surface area contributed by atoms with Crippen molar-refractivity contribution < 1.29 is 4.79 Å². The Labute approximate surface area is 204 Å². The summed E-state index contributed by atoms with van der Waals surface area (Å²) in [7, 11) is 0. The fraction of sp³-hybridized carbons (Fsp3) is 0.391. The van der Waals surface area contributed by atoms with Crippen molar-refractivity contribution in [2.45, 2.75) is 45.2 Å². The predicted molar refractivity (Wildman–Crippen MR) is 139 cm³/mol. The summed E-state index contributed by atoms with van der Waals surface area (Å²) in [5.41, 5.74) is 3.06. The number of hydrogen-bond acceptors (Lipinski definition) is 8. The number of fused-ring (bicyclic) bond motifs is 4. The number of carbonyl (C=O) groups is 1. The van der Waals surface area contributed by atoms with Crippen molar-refractivity contribution in [1.29, 1.82) is 0 Å². The number of amides is 2. The molecule has 11 heteroatoms. The van der Waals surface area contributed by atoms with E-state index >= 15 is 0 Å². The molecule has 3 heterocycles. The average molecular weight is 498 g/mol. The molecule has 0 radical (unpaired) electrons. The van der Waals surface area contributed by atoms with E-state index in [2.05, 4.69) is 36.2 Å². The highest BCUT2D eigenvalue weighted by Gasteiger charge is 2.25. The highest BCUT2D eigenvalue weighted by Crippen LogP contribution is 2.39. The van der Waals surface area contributed by atoms with E-state index in [1.807, 2.05) is 32.0 Å². The molecule has 9 nitrogen and oxygen atoms in total. The molecule has 4 aromatic rings. The molecule has 178 valence electrons. The highest BCUT2D eigenvalue weighted by molar-refractivity contribution is 7.19. The third kappa shape index (κ3) is 4.91. The molecule has 0 bridgehead atoms. The molecule has 1 aliphatic carbocycles. The van der Waals surface area contributed by atoms with Gasteiger partial charge in [-0.25, -0.2) is 14.8 Å². The second-order valence-corrected chi connectivity index (χ2v) is 10.8. The second kappa shape index (κ2) is 9.69. The fourth-order valence-electron chi connectivity index (χ4n) is 4.30. The number of aryl methyl sites for hydroxylation is 1. The molecule has 1 aromatic carbocycles. The van der Waals surface area contributed by atoms with Crippen LogP contribution < -0.4 is 26.1 Å². The fourth-order valence-corrected chi connectivity index (χ4v) is 6.35. The maximum Gasteiger partial charge on any atom is 0.315 e. The minimum atomic E-state index is -0.129. The molecule has 1 unspecified atom stereocenters. The third-order valence-corrected chi connectivity index (χ3v) is 7.80. The lowest BCUT2D eigenvalue weighted by molar-refractivity contribution is 0.238. The van der Waals surface area contributed by atoms with Crippen LogP contribution in [0.25, 0.3) is 20.4 Å². The Morgan fingerprint density at radius 2 is 2.12 bits per heavy atom. The lowest BCUT2D eigenvalue weighted by Crippen LogP contribution is -2.44. The van der Waals surface area contributed by atoms with Crippen LogP contribution in [0, 0.1) is 0 Å². The Morgan fingerprint density at radius 1 is 1.24 bits per heavy atom. The molecule has 1 atom stereocenters. The molecule has 0 saturated heterocycles. The van der Waals surface area contributed by atoms with Crippen LogP contribution in [0.4, 0.5) is 16.3 Å². The Kier molecular flexibility index (Phi) is 6.48. The topological polar surface area (TPSA) is 124 Å². The number of rotatable bonds is 7. The van der Waals surface area contributed by atoms with Crippen molar-refractivity contribution in [3.05, 3.63) is 44.6 Å². The van der Waals surface area contributed by atoms with Gasteiger partial charge in [0.25, 0.3) is 0 Å². The summed E-state index contributed by atoms with van der Waals surface area (Å²) in [6.07, 6.45) is 4.52. The molecule has 3 aromatic heterocycles. The van der Waals surface area contributed by atoms with Gasteiger partial charge in [-0.15, -0.1) is 11.3 Å². The number of thiophene rings is 1. The van der Waals surface area contributed by atoms with Crippen molar-refractivity contribution in [3.63, 3.8) is 0 Å². The first-order valence-electron chi connectivity index (χ1n) is 11.4. The molecule has 0 fully saturated rings. The van der Waals surface area contributed by atoms with Gasteiger partial charge < -0.3 is 26.3 Å². The number of urea groups is 1. The van der Waals surface area contributed by atoms with E-state index < -0.39 is 0 Å². The van der Waals surface area contributed by atoms with E-state index in [9.17, 15) is 9.59 Å². The third-order valence-electron chi connectivity index (χ3n) is 5.79. The van der Waals surface area contributed by atoms with Crippen LogP contribution in [0.1, 0.15) is 30.7 Å². The van der Waals surface area contributed by atoms with E-state index in [1.54, 1.807) is 17.7 Å². The lowest BCUT2D eigenvalue weighted by Gasteiger charge is -2.24. The summed E-state index contributed by atoms with van der Waals surface area (Å²) in [4.78, 5) is 37.5. The molecule has 0 spiro atoms. The molecular weight excluding hydrogens is 470 g/mol. The van der Waals surface area contributed by atoms with Crippen LogP contribution in [-0.2, 0) is 12.8 Å². The minimum Gasteiger partial charge on any atom is -0.340 e. The van der Waals surface area contributed by atoms with Crippen LogP contribution >= 0.6 is 22.7 Å². The number of anilines is 2. The zero-order valence-corrected chi connectivity index (χ0v) is 20.7.